The van der Waals surface area contributed by atoms with E-state index in [1.165, 1.54) is 0 Å². The molecule has 0 bridgehead atoms. The normalized spacial score (nSPS) is 15.9. The summed E-state index contributed by atoms with van der Waals surface area (Å²) in [4.78, 5) is 25.4. The summed E-state index contributed by atoms with van der Waals surface area (Å²) in [5.41, 5.74) is 2.67. The lowest BCUT2D eigenvalue weighted by atomic mass is 9.86. The fourth-order valence-electron chi connectivity index (χ4n) is 4.32. The molecule has 0 aliphatic carbocycles. The highest BCUT2D eigenvalue weighted by Crippen LogP contribution is 2.36. The predicted octanol–water partition coefficient (Wildman–Crippen LogP) is 3.50. The fraction of sp³-hybridized carbons (Fsp3) is 0.250. The van der Waals surface area contributed by atoms with Crippen molar-refractivity contribution in [3.05, 3.63) is 84.2 Å². The van der Waals surface area contributed by atoms with Gasteiger partial charge in [-0.15, -0.1) is 0 Å². The van der Waals surface area contributed by atoms with Gasteiger partial charge in [0.15, 0.2) is 11.6 Å². The van der Waals surface area contributed by atoms with Crippen LogP contribution >= 0.6 is 0 Å². The van der Waals surface area contributed by atoms with Gasteiger partial charge in [0.05, 0.1) is 5.54 Å². The zero-order chi connectivity index (χ0) is 22.7. The summed E-state index contributed by atoms with van der Waals surface area (Å²) in [6, 6.07) is 17.4. The molecule has 0 atom stereocenters. The van der Waals surface area contributed by atoms with Crippen LogP contribution in [0.15, 0.2) is 67.0 Å². The summed E-state index contributed by atoms with van der Waals surface area (Å²) in [5, 5.41) is 20.5. The standard InChI is InChI=1S/C24H25N7O2/c32-22(33)20-7-6-19(26-20)16-31-14-10-24(11-15-31,28-18-4-2-1-3-5-18)23-27-21(29-30-23)17-8-12-25-13-9-17/h1-9,12-13,26,28H,10-11,14-16H2,(H,32,33)(H,27,29,30). The Labute approximate surface area is 190 Å². The average Bonchev–Trinajstić information content (AvgIpc) is 3.53. The third-order valence-electron chi connectivity index (χ3n) is 6.12. The smallest absolute Gasteiger partial charge is 0.352 e. The van der Waals surface area contributed by atoms with Crippen molar-refractivity contribution in [3.8, 4) is 11.4 Å². The minimum absolute atomic E-state index is 0.215. The Kier molecular flexibility index (Phi) is 5.62. The largest absolute Gasteiger partial charge is 0.477 e. The maximum absolute atomic E-state index is 11.2. The maximum atomic E-state index is 11.2. The molecule has 0 spiro atoms. The molecule has 9 heteroatoms. The van der Waals surface area contributed by atoms with Crippen LogP contribution in [0.2, 0.25) is 0 Å². The molecule has 5 rings (SSSR count). The Morgan fingerprint density at radius 3 is 2.52 bits per heavy atom. The third kappa shape index (κ3) is 4.49. The summed E-state index contributed by atoms with van der Waals surface area (Å²) >= 11 is 0. The molecule has 9 nitrogen and oxygen atoms in total. The van der Waals surface area contributed by atoms with E-state index in [-0.39, 0.29) is 5.69 Å². The van der Waals surface area contributed by atoms with Crippen LogP contribution in [0.4, 0.5) is 5.69 Å². The molecule has 0 unspecified atom stereocenters. The number of nitrogens with zero attached hydrogens (tertiary/aromatic N) is 4. The van der Waals surface area contributed by atoms with Gasteiger partial charge in [0.2, 0.25) is 0 Å². The number of rotatable bonds is 7. The van der Waals surface area contributed by atoms with E-state index in [9.17, 15) is 4.79 Å². The lowest BCUT2D eigenvalue weighted by molar-refractivity contribution is 0.0690. The number of benzene rings is 1. The van der Waals surface area contributed by atoms with Crippen LogP contribution in [0.3, 0.4) is 0 Å². The number of aromatic carboxylic acids is 1. The van der Waals surface area contributed by atoms with Crippen LogP contribution in [-0.4, -0.2) is 54.2 Å². The maximum Gasteiger partial charge on any atom is 0.352 e. The monoisotopic (exact) mass is 443 g/mol. The van der Waals surface area contributed by atoms with Crippen LogP contribution in [-0.2, 0) is 12.1 Å². The van der Waals surface area contributed by atoms with Gasteiger partial charge in [-0.3, -0.25) is 15.0 Å². The zero-order valence-corrected chi connectivity index (χ0v) is 18.0. The van der Waals surface area contributed by atoms with Gasteiger partial charge >= 0.3 is 5.97 Å². The molecule has 1 saturated heterocycles. The van der Waals surface area contributed by atoms with E-state index in [4.69, 9.17) is 10.1 Å². The van der Waals surface area contributed by atoms with Gasteiger partial charge in [-0.25, -0.2) is 9.78 Å². The number of carboxylic acid groups (broad SMARTS) is 1. The molecule has 3 aromatic heterocycles. The van der Waals surface area contributed by atoms with Gasteiger partial charge < -0.3 is 15.4 Å². The van der Waals surface area contributed by atoms with Gasteiger partial charge in [0.1, 0.15) is 5.69 Å². The highest BCUT2D eigenvalue weighted by atomic mass is 16.4. The van der Waals surface area contributed by atoms with Crippen molar-refractivity contribution in [2.24, 2.45) is 0 Å². The first-order valence-corrected chi connectivity index (χ1v) is 10.9. The minimum atomic E-state index is -0.943. The average molecular weight is 444 g/mol. The molecular weight excluding hydrogens is 418 g/mol. The van der Waals surface area contributed by atoms with E-state index >= 15 is 0 Å². The van der Waals surface area contributed by atoms with Crippen LogP contribution in [0, 0.1) is 0 Å². The lowest BCUT2D eigenvalue weighted by Gasteiger charge is -2.41. The fourth-order valence-corrected chi connectivity index (χ4v) is 4.32. The zero-order valence-electron chi connectivity index (χ0n) is 18.0. The molecule has 4 heterocycles. The Bertz CT molecular complexity index is 1210. The van der Waals surface area contributed by atoms with E-state index in [0.717, 1.165) is 48.7 Å². The quantitative estimate of drug-likeness (QED) is 0.345. The topological polar surface area (TPSA) is 123 Å². The number of H-pyrrole nitrogens is 2. The number of hydrogen-bond donors (Lipinski definition) is 4. The number of carbonyl (C=O) groups is 1. The van der Waals surface area contributed by atoms with E-state index in [1.54, 1.807) is 18.5 Å². The first-order chi connectivity index (χ1) is 16.1. The molecule has 0 amide bonds. The number of aromatic amines is 2. The second-order valence-electron chi connectivity index (χ2n) is 8.30. The number of carboxylic acids is 1. The number of anilines is 1. The van der Waals surface area contributed by atoms with Crippen molar-refractivity contribution >= 4 is 11.7 Å². The van der Waals surface area contributed by atoms with Crippen LogP contribution < -0.4 is 5.32 Å². The number of aromatic nitrogens is 5. The van der Waals surface area contributed by atoms with Crippen LogP contribution in [0.1, 0.15) is 34.8 Å². The van der Waals surface area contributed by atoms with Gasteiger partial charge in [-0.1, -0.05) is 18.2 Å². The molecule has 1 aromatic carbocycles. The first-order valence-electron chi connectivity index (χ1n) is 10.9. The number of para-hydroxylation sites is 1. The van der Waals surface area contributed by atoms with Crippen molar-refractivity contribution in [3.63, 3.8) is 0 Å². The Balaban J connectivity index is 1.37. The van der Waals surface area contributed by atoms with Crippen molar-refractivity contribution in [1.82, 2.24) is 30.0 Å². The highest BCUT2D eigenvalue weighted by Gasteiger charge is 2.39. The predicted molar refractivity (Wildman–Crippen MR) is 124 cm³/mol. The highest BCUT2D eigenvalue weighted by molar-refractivity contribution is 5.85. The minimum Gasteiger partial charge on any atom is -0.477 e. The Morgan fingerprint density at radius 2 is 1.82 bits per heavy atom. The van der Waals surface area contributed by atoms with E-state index in [0.29, 0.717) is 12.4 Å². The number of nitrogens with one attached hydrogen (secondary N) is 3. The number of hydrogen-bond acceptors (Lipinski definition) is 6. The van der Waals surface area contributed by atoms with Crippen molar-refractivity contribution < 1.29 is 9.90 Å². The molecule has 0 saturated carbocycles. The summed E-state index contributed by atoms with van der Waals surface area (Å²) in [6.07, 6.45) is 5.11. The Morgan fingerprint density at radius 1 is 1.06 bits per heavy atom. The lowest BCUT2D eigenvalue weighted by Crippen LogP contribution is -2.47. The number of likely N-dealkylation sites (tertiary alicyclic amines) is 1. The van der Waals surface area contributed by atoms with E-state index < -0.39 is 11.5 Å². The first kappa shape index (κ1) is 20.9. The summed E-state index contributed by atoms with van der Waals surface area (Å²) in [6.45, 7) is 2.33. The summed E-state index contributed by atoms with van der Waals surface area (Å²) < 4.78 is 0. The SMILES string of the molecule is O=C(O)c1ccc(CN2CCC(Nc3ccccc3)(c3nc(-c4ccncc4)n[nH]3)CC2)[nH]1. The molecular formula is C24H25N7O2. The van der Waals surface area contributed by atoms with Crippen LogP contribution in [0.25, 0.3) is 11.4 Å². The second kappa shape index (κ2) is 8.87. The van der Waals surface area contributed by atoms with Gasteiger partial charge in [0, 0.05) is 49.0 Å². The summed E-state index contributed by atoms with van der Waals surface area (Å²) in [7, 11) is 0. The number of piperidine rings is 1. The van der Waals surface area contributed by atoms with Crippen molar-refractivity contribution in [2.45, 2.75) is 24.9 Å². The van der Waals surface area contributed by atoms with E-state index in [1.807, 2.05) is 36.4 Å². The number of pyridine rings is 1. The molecule has 1 fully saturated rings. The molecule has 4 aromatic rings. The summed E-state index contributed by atoms with van der Waals surface area (Å²) in [5.74, 6) is 0.517. The van der Waals surface area contributed by atoms with Crippen LogP contribution in [0.5, 0.6) is 0 Å². The van der Waals surface area contributed by atoms with E-state index in [2.05, 4.69) is 42.5 Å². The molecule has 4 N–H and O–H groups in total. The molecule has 1 aliphatic rings. The van der Waals surface area contributed by atoms with Crippen molar-refractivity contribution in [2.75, 3.05) is 18.4 Å². The van der Waals surface area contributed by atoms with Gasteiger partial charge in [-0.05, 0) is 49.2 Å². The molecule has 33 heavy (non-hydrogen) atoms. The van der Waals surface area contributed by atoms with Crippen molar-refractivity contribution in [1.29, 1.82) is 0 Å². The third-order valence-corrected chi connectivity index (χ3v) is 6.12. The molecule has 0 radical (unpaired) electrons. The van der Waals surface area contributed by atoms with Gasteiger partial charge in [-0.2, -0.15) is 5.10 Å². The second-order valence-corrected chi connectivity index (χ2v) is 8.30. The molecule has 168 valence electrons. The molecule has 1 aliphatic heterocycles. The van der Waals surface area contributed by atoms with Gasteiger partial charge in [0.25, 0.3) is 0 Å². The Hall–Kier alpha value is -3.98.